The molecule has 2 atom stereocenters. The van der Waals surface area contributed by atoms with Gasteiger partial charge in [-0.2, -0.15) is 0 Å². The quantitative estimate of drug-likeness (QED) is 0.884. The van der Waals surface area contributed by atoms with E-state index in [2.05, 4.69) is 21.2 Å². The summed E-state index contributed by atoms with van der Waals surface area (Å²) in [5.74, 6) is 1.11. The largest absolute Gasteiger partial charge is 0.497 e. The minimum Gasteiger partial charge on any atom is -0.497 e. The van der Waals surface area contributed by atoms with Gasteiger partial charge in [-0.3, -0.25) is 4.79 Å². The predicted molar refractivity (Wildman–Crippen MR) is 83.8 cm³/mol. The van der Waals surface area contributed by atoms with Gasteiger partial charge >= 0.3 is 0 Å². The fourth-order valence-electron chi connectivity index (χ4n) is 2.79. The summed E-state index contributed by atoms with van der Waals surface area (Å²) in [6, 6.07) is 5.54. The Morgan fingerprint density at radius 3 is 2.90 bits per heavy atom. The lowest BCUT2D eigenvalue weighted by molar-refractivity contribution is -0.122. The van der Waals surface area contributed by atoms with Crippen LogP contribution >= 0.6 is 15.9 Å². The molecule has 110 valence electrons. The lowest BCUT2D eigenvalue weighted by atomic mass is 9.78. The van der Waals surface area contributed by atoms with Crippen LogP contribution in [0.5, 0.6) is 5.75 Å². The molecule has 1 aliphatic rings. The molecule has 5 heteroatoms. The van der Waals surface area contributed by atoms with Gasteiger partial charge in [-0.1, -0.05) is 12.8 Å². The van der Waals surface area contributed by atoms with Crippen molar-refractivity contribution in [3.05, 3.63) is 22.7 Å². The molecular formula is C15H21BrN2O2. The monoisotopic (exact) mass is 340 g/mol. The molecule has 1 aliphatic carbocycles. The number of carbonyl (C=O) groups excluding carboxylic acids is 1. The third-order valence-electron chi connectivity index (χ3n) is 3.98. The molecule has 0 aliphatic heterocycles. The van der Waals surface area contributed by atoms with Gasteiger partial charge in [-0.05, 0) is 53.4 Å². The van der Waals surface area contributed by atoms with Gasteiger partial charge in [0.25, 0.3) is 0 Å². The molecule has 2 unspecified atom stereocenters. The normalized spacial score (nSPS) is 22.4. The molecule has 1 saturated carbocycles. The molecule has 1 amide bonds. The van der Waals surface area contributed by atoms with Gasteiger partial charge in [0, 0.05) is 16.5 Å². The third kappa shape index (κ3) is 3.52. The lowest BCUT2D eigenvalue weighted by Gasteiger charge is -2.29. The van der Waals surface area contributed by atoms with Crippen LogP contribution in [0.1, 0.15) is 25.7 Å². The van der Waals surface area contributed by atoms with Crippen LogP contribution in [-0.4, -0.2) is 19.6 Å². The maximum absolute atomic E-state index is 12.5. The van der Waals surface area contributed by atoms with Gasteiger partial charge < -0.3 is 15.8 Å². The number of amides is 1. The first-order valence-corrected chi connectivity index (χ1v) is 7.79. The van der Waals surface area contributed by atoms with Gasteiger partial charge in [0.1, 0.15) is 5.75 Å². The van der Waals surface area contributed by atoms with Crippen LogP contribution in [0.3, 0.4) is 0 Å². The molecule has 0 bridgehead atoms. The molecule has 4 nitrogen and oxygen atoms in total. The first-order chi connectivity index (χ1) is 9.65. The highest BCUT2D eigenvalue weighted by molar-refractivity contribution is 9.10. The van der Waals surface area contributed by atoms with E-state index in [0.717, 1.165) is 35.2 Å². The topological polar surface area (TPSA) is 64.3 Å². The average Bonchev–Trinajstić information content (AvgIpc) is 2.49. The van der Waals surface area contributed by atoms with Gasteiger partial charge in [0.05, 0.1) is 12.8 Å². The number of halogens is 1. The smallest absolute Gasteiger partial charge is 0.227 e. The highest BCUT2D eigenvalue weighted by Gasteiger charge is 2.30. The number of carbonyl (C=O) groups is 1. The first kappa shape index (κ1) is 15.3. The number of hydrogen-bond acceptors (Lipinski definition) is 3. The second kappa shape index (κ2) is 7.09. The summed E-state index contributed by atoms with van der Waals surface area (Å²) >= 11 is 3.45. The van der Waals surface area contributed by atoms with E-state index in [1.807, 2.05) is 18.2 Å². The zero-order valence-corrected chi connectivity index (χ0v) is 13.3. The van der Waals surface area contributed by atoms with Crippen molar-refractivity contribution in [3.63, 3.8) is 0 Å². The zero-order chi connectivity index (χ0) is 14.5. The molecule has 0 radical (unpaired) electrons. The Balaban J connectivity index is 2.10. The van der Waals surface area contributed by atoms with Crippen LogP contribution in [0.4, 0.5) is 5.69 Å². The van der Waals surface area contributed by atoms with Crippen LogP contribution in [0.15, 0.2) is 22.7 Å². The van der Waals surface area contributed by atoms with E-state index in [0.29, 0.717) is 12.5 Å². The van der Waals surface area contributed by atoms with Gasteiger partial charge in [-0.25, -0.2) is 0 Å². The Hall–Kier alpha value is -1.07. The summed E-state index contributed by atoms with van der Waals surface area (Å²) in [6.45, 7) is 0.581. The summed E-state index contributed by atoms with van der Waals surface area (Å²) in [7, 11) is 1.61. The molecule has 0 heterocycles. The Morgan fingerprint density at radius 1 is 1.45 bits per heavy atom. The third-order valence-corrected chi connectivity index (χ3v) is 4.67. The van der Waals surface area contributed by atoms with Crippen molar-refractivity contribution in [1.29, 1.82) is 0 Å². The number of methoxy groups -OCH3 is 1. The minimum atomic E-state index is 0.0202. The standard InChI is InChI=1S/C15H21BrN2O2/c1-20-11-6-7-13(16)14(8-11)18-15(19)12-5-3-2-4-10(12)9-17/h6-8,10,12H,2-5,9,17H2,1H3,(H,18,19). The maximum Gasteiger partial charge on any atom is 0.227 e. The SMILES string of the molecule is COc1ccc(Br)c(NC(=O)C2CCCCC2CN)c1. The Bertz CT molecular complexity index is 479. The maximum atomic E-state index is 12.5. The fourth-order valence-corrected chi connectivity index (χ4v) is 3.13. The van der Waals surface area contributed by atoms with E-state index in [1.165, 1.54) is 6.42 Å². The van der Waals surface area contributed by atoms with E-state index in [-0.39, 0.29) is 11.8 Å². The summed E-state index contributed by atoms with van der Waals surface area (Å²) in [5.41, 5.74) is 6.54. The number of nitrogens with one attached hydrogen (secondary N) is 1. The number of ether oxygens (including phenoxy) is 1. The Kier molecular flexibility index (Phi) is 5.43. The molecule has 2 rings (SSSR count). The van der Waals surface area contributed by atoms with Crippen LogP contribution < -0.4 is 15.8 Å². The first-order valence-electron chi connectivity index (χ1n) is 7.00. The van der Waals surface area contributed by atoms with Gasteiger partial charge in [0.15, 0.2) is 0 Å². The molecule has 0 aromatic heterocycles. The second-order valence-electron chi connectivity index (χ2n) is 5.22. The summed E-state index contributed by atoms with van der Waals surface area (Å²) < 4.78 is 6.04. The molecule has 1 aromatic rings. The van der Waals surface area contributed by atoms with Crippen LogP contribution in [0.25, 0.3) is 0 Å². The van der Waals surface area contributed by atoms with E-state index < -0.39 is 0 Å². The molecule has 20 heavy (non-hydrogen) atoms. The molecular weight excluding hydrogens is 320 g/mol. The highest BCUT2D eigenvalue weighted by Crippen LogP contribution is 2.32. The predicted octanol–water partition coefficient (Wildman–Crippen LogP) is 3.16. The van der Waals surface area contributed by atoms with E-state index in [9.17, 15) is 4.79 Å². The Morgan fingerprint density at radius 2 is 2.20 bits per heavy atom. The number of benzene rings is 1. The number of hydrogen-bond donors (Lipinski definition) is 2. The Labute approximate surface area is 128 Å². The summed E-state index contributed by atoms with van der Waals surface area (Å²) in [4.78, 5) is 12.5. The summed E-state index contributed by atoms with van der Waals surface area (Å²) in [6.07, 6.45) is 4.26. The highest BCUT2D eigenvalue weighted by atomic mass is 79.9. The molecule has 1 fully saturated rings. The van der Waals surface area contributed by atoms with Crippen molar-refractivity contribution in [2.45, 2.75) is 25.7 Å². The van der Waals surface area contributed by atoms with Crippen molar-refractivity contribution >= 4 is 27.5 Å². The van der Waals surface area contributed by atoms with Crippen molar-refractivity contribution < 1.29 is 9.53 Å². The summed E-state index contributed by atoms with van der Waals surface area (Å²) in [5, 5.41) is 3.00. The molecule has 3 N–H and O–H groups in total. The van der Waals surface area contributed by atoms with Crippen molar-refractivity contribution in [2.24, 2.45) is 17.6 Å². The number of anilines is 1. The lowest BCUT2D eigenvalue weighted by Crippen LogP contribution is -2.35. The number of nitrogens with two attached hydrogens (primary N) is 1. The molecule has 1 aromatic carbocycles. The number of rotatable bonds is 4. The van der Waals surface area contributed by atoms with E-state index >= 15 is 0 Å². The fraction of sp³-hybridized carbons (Fsp3) is 0.533. The van der Waals surface area contributed by atoms with Crippen molar-refractivity contribution in [3.8, 4) is 5.75 Å². The van der Waals surface area contributed by atoms with Crippen molar-refractivity contribution in [1.82, 2.24) is 0 Å². The van der Waals surface area contributed by atoms with Crippen molar-refractivity contribution in [2.75, 3.05) is 19.0 Å². The van der Waals surface area contributed by atoms with Crippen LogP contribution in [-0.2, 0) is 4.79 Å². The molecule has 0 saturated heterocycles. The van der Waals surface area contributed by atoms with Crippen LogP contribution in [0, 0.1) is 11.8 Å². The van der Waals surface area contributed by atoms with E-state index in [4.69, 9.17) is 10.5 Å². The van der Waals surface area contributed by atoms with E-state index in [1.54, 1.807) is 7.11 Å². The van der Waals surface area contributed by atoms with Gasteiger partial charge in [-0.15, -0.1) is 0 Å². The van der Waals surface area contributed by atoms with Gasteiger partial charge in [0.2, 0.25) is 5.91 Å². The minimum absolute atomic E-state index is 0.0202. The second-order valence-corrected chi connectivity index (χ2v) is 6.08. The zero-order valence-electron chi connectivity index (χ0n) is 11.7. The van der Waals surface area contributed by atoms with Crippen LogP contribution in [0.2, 0.25) is 0 Å². The average molecular weight is 341 g/mol. The molecule has 0 spiro atoms.